The number of benzene rings is 4. The summed E-state index contributed by atoms with van der Waals surface area (Å²) < 4.78 is 15.0. The smallest absolute Gasteiger partial charge is 0.128 e. The van der Waals surface area contributed by atoms with E-state index in [-0.39, 0.29) is 0 Å². The topological polar surface area (TPSA) is 21.7 Å². The van der Waals surface area contributed by atoms with Crippen molar-refractivity contribution in [2.75, 3.05) is 20.8 Å². The van der Waals surface area contributed by atoms with E-state index in [1.54, 1.807) is 14.2 Å². The normalized spacial score (nSPS) is 17.6. The molecule has 0 bridgehead atoms. The predicted octanol–water partition coefficient (Wildman–Crippen LogP) is 8.83. The van der Waals surface area contributed by atoms with Crippen molar-refractivity contribution in [3.8, 4) is 11.5 Å². The van der Waals surface area contributed by atoms with Gasteiger partial charge >= 0.3 is 0 Å². The number of nitrogens with zero attached hydrogens (tertiary/aromatic N) is 1. The number of unbranched alkanes of at least 4 members (excludes halogenated alkanes) is 1. The van der Waals surface area contributed by atoms with E-state index >= 15 is 0 Å². The zero-order valence-corrected chi connectivity index (χ0v) is 25.0. The zero-order valence-electron chi connectivity index (χ0n) is 23.2. The average molecular weight is 556 g/mol. The monoisotopic (exact) mass is 555 g/mol. The Morgan fingerprint density at radius 2 is 1.10 bits per heavy atom. The molecule has 0 amide bonds. The molecule has 1 fully saturated rings. The van der Waals surface area contributed by atoms with Crippen molar-refractivity contribution in [3.63, 3.8) is 0 Å². The van der Waals surface area contributed by atoms with E-state index in [1.165, 1.54) is 34.6 Å². The van der Waals surface area contributed by atoms with E-state index in [4.69, 9.17) is 9.47 Å². The van der Waals surface area contributed by atoms with E-state index in [1.807, 2.05) is 0 Å². The minimum atomic E-state index is -0.912. The summed E-state index contributed by atoms with van der Waals surface area (Å²) in [6.45, 7) is 3.36. The van der Waals surface area contributed by atoms with Crippen LogP contribution in [0.5, 0.6) is 11.5 Å². The van der Waals surface area contributed by atoms with Gasteiger partial charge in [0.1, 0.15) is 11.5 Å². The van der Waals surface area contributed by atoms with E-state index in [0.29, 0.717) is 11.3 Å². The van der Waals surface area contributed by atoms with E-state index in [9.17, 15) is 0 Å². The van der Waals surface area contributed by atoms with Crippen LogP contribution in [-0.2, 0) is 0 Å². The summed E-state index contributed by atoms with van der Waals surface area (Å²) in [5.41, 5.74) is 3.97. The molecule has 0 aliphatic carbocycles. The van der Waals surface area contributed by atoms with E-state index in [0.717, 1.165) is 30.9 Å². The molecule has 39 heavy (non-hydrogen) atoms. The van der Waals surface area contributed by atoms with Gasteiger partial charge in [-0.15, -0.1) is 0 Å². The van der Waals surface area contributed by atoms with Gasteiger partial charge in [-0.3, -0.25) is 4.44 Å². The minimum absolute atomic E-state index is 0.512. The van der Waals surface area contributed by atoms with Gasteiger partial charge in [0.2, 0.25) is 0 Å². The Balaban J connectivity index is 1.73. The molecule has 0 radical (unpaired) electrons. The van der Waals surface area contributed by atoms with Crippen LogP contribution in [0.15, 0.2) is 109 Å². The summed E-state index contributed by atoms with van der Waals surface area (Å²) >= 11 is 0. The molecule has 1 aliphatic rings. The van der Waals surface area contributed by atoms with Crippen LogP contribution >= 0.6 is 16.1 Å². The summed E-state index contributed by atoms with van der Waals surface area (Å²) in [5.74, 6) is 1.91. The van der Waals surface area contributed by atoms with Gasteiger partial charge in [0.05, 0.1) is 14.2 Å². The van der Waals surface area contributed by atoms with Crippen LogP contribution in [0.3, 0.4) is 0 Å². The molecule has 0 saturated carbocycles. The third-order valence-corrected chi connectivity index (χ3v) is 14.1. The molecule has 2 atom stereocenters. The lowest BCUT2D eigenvalue weighted by atomic mass is 10.0. The van der Waals surface area contributed by atoms with Gasteiger partial charge < -0.3 is 9.47 Å². The fourth-order valence-corrected chi connectivity index (χ4v) is 13.4. The van der Waals surface area contributed by atoms with Crippen LogP contribution in [0.4, 0.5) is 0 Å². The van der Waals surface area contributed by atoms with Crippen molar-refractivity contribution >= 4 is 26.8 Å². The van der Waals surface area contributed by atoms with Crippen molar-refractivity contribution in [1.82, 2.24) is 4.44 Å². The quantitative estimate of drug-likeness (QED) is 0.173. The van der Waals surface area contributed by atoms with Crippen LogP contribution in [0.1, 0.15) is 55.1 Å². The maximum Gasteiger partial charge on any atom is 0.128 e. The van der Waals surface area contributed by atoms with Crippen molar-refractivity contribution in [2.45, 2.75) is 43.9 Å². The van der Waals surface area contributed by atoms with Gasteiger partial charge in [-0.25, -0.2) is 0 Å². The van der Waals surface area contributed by atoms with E-state index < -0.39 is 16.1 Å². The molecule has 4 aromatic carbocycles. The largest absolute Gasteiger partial charge is 0.496 e. The Bertz CT molecular complexity index is 1220. The Hall–Kier alpha value is -2.70. The van der Waals surface area contributed by atoms with Gasteiger partial charge in [-0.05, 0) is 62.7 Å². The van der Waals surface area contributed by atoms with Crippen molar-refractivity contribution in [2.24, 2.45) is 0 Å². The molecule has 1 aliphatic heterocycles. The van der Waals surface area contributed by atoms with Crippen molar-refractivity contribution in [3.05, 3.63) is 120 Å². The Morgan fingerprint density at radius 3 is 1.54 bits per heavy atom. The number of rotatable bonds is 11. The standard InChI is InChI=1S/C34H39NO2P2/c1-4-5-26-35(39(33-22-14-12-20-29(33)36-2)34-23-15-13-21-30(34)37-3)38-31(27-16-8-6-9-17-27)24-25-32(38)28-18-10-7-11-19-28/h6-23,31-32H,4-5,24-26H2,1-3H3/t31-,32-/m0/s1. The molecule has 0 aromatic heterocycles. The van der Waals surface area contributed by atoms with Crippen LogP contribution in [0.2, 0.25) is 0 Å². The van der Waals surface area contributed by atoms with Crippen LogP contribution < -0.4 is 20.1 Å². The first-order chi connectivity index (χ1) is 19.3. The highest BCUT2D eigenvalue weighted by molar-refractivity contribution is 7.80. The molecule has 0 unspecified atom stereocenters. The number of ether oxygens (including phenoxy) is 2. The first kappa shape index (κ1) is 27.9. The first-order valence-corrected chi connectivity index (χ1v) is 16.7. The molecule has 5 rings (SSSR count). The van der Waals surface area contributed by atoms with Gasteiger partial charge in [0.25, 0.3) is 0 Å². The fraction of sp³-hybridized carbons (Fsp3) is 0.294. The minimum Gasteiger partial charge on any atom is -0.496 e. The molecule has 0 N–H and O–H groups in total. The number of methoxy groups -OCH3 is 2. The molecule has 0 spiro atoms. The van der Waals surface area contributed by atoms with Gasteiger partial charge in [-0.2, -0.15) is 0 Å². The molecule has 202 valence electrons. The van der Waals surface area contributed by atoms with E-state index in [2.05, 4.69) is 121 Å². The first-order valence-electron chi connectivity index (χ1n) is 14.0. The fourth-order valence-electron chi connectivity index (χ4n) is 5.71. The summed E-state index contributed by atoms with van der Waals surface area (Å²) in [6, 6.07) is 39.7. The summed E-state index contributed by atoms with van der Waals surface area (Å²) in [7, 11) is 2.11. The lowest BCUT2D eigenvalue weighted by Gasteiger charge is -2.43. The molecular formula is C34H39NO2P2. The third kappa shape index (κ3) is 6.07. The maximum absolute atomic E-state index is 6.02. The zero-order chi connectivity index (χ0) is 27.0. The Kier molecular flexibility index (Phi) is 9.70. The molecule has 1 heterocycles. The summed E-state index contributed by atoms with van der Waals surface area (Å²) in [4.78, 5) is 0. The highest BCUT2D eigenvalue weighted by Gasteiger charge is 2.45. The number of hydrogen-bond acceptors (Lipinski definition) is 3. The lowest BCUT2D eigenvalue weighted by Crippen LogP contribution is -2.29. The Labute approximate surface area is 236 Å². The molecule has 1 saturated heterocycles. The third-order valence-electron chi connectivity index (χ3n) is 7.56. The highest BCUT2D eigenvalue weighted by atomic mass is 31.2. The summed E-state index contributed by atoms with van der Waals surface area (Å²) in [5, 5.41) is 2.53. The van der Waals surface area contributed by atoms with Gasteiger partial charge in [-0.1, -0.05) is 98.3 Å². The van der Waals surface area contributed by atoms with Crippen LogP contribution in [-0.4, -0.2) is 25.2 Å². The molecule has 3 nitrogen and oxygen atoms in total. The van der Waals surface area contributed by atoms with Crippen molar-refractivity contribution < 1.29 is 9.47 Å². The second kappa shape index (κ2) is 13.6. The number of para-hydroxylation sites is 2. The van der Waals surface area contributed by atoms with Gasteiger partial charge in [0, 0.05) is 36.5 Å². The second-order valence-corrected chi connectivity index (χ2v) is 14.8. The lowest BCUT2D eigenvalue weighted by molar-refractivity contribution is 0.417. The van der Waals surface area contributed by atoms with Gasteiger partial charge in [0.15, 0.2) is 0 Å². The number of hydrogen-bond donors (Lipinski definition) is 0. The second-order valence-electron chi connectivity index (χ2n) is 9.92. The SMILES string of the molecule is CCCCN(P(c1ccccc1OC)c1ccccc1OC)P1[C@H](c2ccccc2)CC[C@H]1c1ccccc1. The molecule has 5 heteroatoms. The van der Waals surface area contributed by atoms with Crippen molar-refractivity contribution in [1.29, 1.82) is 0 Å². The summed E-state index contributed by atoms with van der Waals surface area (Å²) in [6.07, 6.45) is 4.73. The van der Waals surface area contributed by atoms with Crippen LogP contribution in [0, 0.1) is 0 Å². The molecule has 4 aromatic rings. The maximum atomic E-state index is 6.02. The molecular weight excluding hydrogens is 516 g/mol. The predicted molar refractivity (Wildman–Crippen MR) is 168 cm³/mol. The van der Waals surface area contributed by atoms with Crippen LogP contribution in [0.25, 0.3) is 0 Å². The highest BCUT2D eigenvalue weighted by Crippen LogP contribution is 2.76. The average Bonchev–Trinajstić information content (AvgIpc) is 3.45. The Morgan fingerprint density at radius 1 is 0.667 bits per heavy atom.